The summed E-state index contributed by atoms with van der Waals surface area (Å²) in [5.41, 5.74) is 2.25. The third-order valence-corrected chi connectivity index (χ3v) is 5.85. The molecule has 4 rings (SSSR count). The Labute approximate surface area is 167 Å². The molecule has 0 saturated carbocycles. The van der Waals surface area contributed by atoms with Crippen molar-refractivity contribution in [1.82, 2.24) is 20.1 Å². The number of nitrogens with zero attached hydrogens (tertiary/aromatic N) is 3. The SMILES string of the molecule is O=C(NCC(=O)N1CCN(Cc2cccc3cccnc23)CC1)c1cccs1. The number of aromatic nitrogens is 1. The van der Waals surface area contributed by atoms with Gasteiger partial charge in [0.05, 0.1) is 16.9 Å². The van der Waals surface area contributed by atoms with Crippen LogP contribution < -0.4 is 5.32 Å². The van der Waals surface area contributed by atoms with Gasteiger partial charge in [0.2, 0.25) is 5.91 Å². The van der Waals surface area contributed by atoms with Crippen LogP contribution in [-0.4, -0.2) is 59.3 Å². The van der Waals surface area contributed by atoms with Crippen molar-refractivity contribution in [2.75, 3.05) is 32.7 Å². The molecule has 1 N–H and O–H groups in total. The van der Waals surface area contributed by atoms with E-state index in [0.717, 1.165) is 30.5 Å². The maximum atomic E-state index is 12.4. The molecule has 2 aromatic heterocycles. The zero-order valence-corrected chi connectivity index (χ0v) is 16.3. The quantitative estimate of drug-likeness (QED) is 0.722. The molecule has 1 aromatic carbocycles. The number of para-hydroxylation sites is 1. The number of nitrogens with one attached hydrogen (secondary N) is 1. The van der Waals surface area contributed by atoms with Gasteiger partial charge in [-0.25, -0.2) is 0 Å². The molecule has 2 amide bonds. The van der Waals surface area contributed by atoms with Crippen LogP contribution >= 0.6 is 11.3 Å². The van der Waals surface area contributed by atoms with Crippen molar-refractivity contribution in [3.63, 3.8) is 0 Å². The Morgan fingerprint density at radius 3 is 2.64 bits per heavy atom. The van der Waals surface area contributed by atoms with Gasteiger partial charge in [-0.1, -0.05) is 30.3 Å². The van der Waals surface area contributed by atoms with Crippen molar-refractivity contribution in [2.24, 2.45) is 0 Å². The van der Waals surface area contributed by atoms with Crippen LogP contribution in [0.15, 0.2) is 54.0 Å². The molecular weight excluding hydrogens is 372 g/mol. The fourth-order valence-electron chi connectivity index (χ4n) is 3.45. The van der Waals surface area contributed by atoms with Crippen LogP contribution in [0.1, 0.15) is 15.2 Å². The van der Waals surface area contributed by atoms with Gasteiger partial charge < -0.3 is 10.2 Å². The molecule has 1 aliphatic rings. The predicted molar refractivity (Wildman–Crippen MR) is 110 cm³/mol. The molecule has 0 aliphatic carbocycles. The van der Waals surface area contributed by atoms with Crippen molar-refractivity contribution < 1.29 is 9.59 Å². The molecule has 28 heavy (non-hydrogen) atoms. The molecule has 0 radical (unpaired) electrons. The fraction of sp³-hybridized carbons (Fsp3) is 0.286. The Bertz CT molecular complexity index is 960. The number of carbonyl (C=O) groups is 2. The van der Waals surface area contributed by atoms with Gasteiger partial charge in [0.15, 0.2) is 0 Å². The standard InChI is InChI=1S/C21H22N4O2S/c26-19(14-23-21(27)18-7-3-13-28-18)25-11-9-24(10-12-25)15-17-5-1-4-16-6-2-8-22-20(16)17/h1-8,13H,9-12,14-15H2,(H,23,27). The summed E-state index contributed by atoms with van der Waals surface area (Å²) in [4.78, 5) is 33.7. The van der Waals surface area contributed by atoms with Gasteiger partial charge in [-0.05, 0) is 23.1 Å². The minimum atomic E-state index is -0.189. The van der Waals surface area contributed by atoms with Crippen LogP contribution in [0, 0.1) is 0 Å². The van der Waals surface area contributed by atoms with Crippen LogP contribution in [0.3, 0.4) is 0 Å². The van der Waals surface area contributed by atoms with Crippen molar-refractivity contribution in [3.05, 3.63) is 64.5 Å². The number of fused-ring (bicyclic) bond motifs is 1. The summed E-state index contributed by atoms with van der Waals surface area (Å²) >= 11 is 1.37. The monoisotopic (exact) mass is 394 g/mol. The Hall–Kier alpha value is -2.77. The Morgan fingerprint density at radius 1 is 1.04 bits per heavy atom. The molecule has 0 unspecified atom stereocenters. The Balaban J connectivity index is 1.28. The van der Waals surface area contributed by atoms with E-state index in [2.05, 4.69) is 39.5 Å². The van der Waals surface area contributed by atoms with Gasteiger partial charge >= 0.3 is 0 Å². The van der Waals surface area contributed by atoms with Crippen LogP contribution in [-0.2, 0) is 11.3 Å². The highest BCUT2D eigenvalue weighted by molar-refractivity contribution is 7.12. The topological polar surface area (TPSA) is 65.5 Å². The molecule has 0 atom stereocenters. The third kappa shape index (κ3) is 4.21. The molecule has 0 bridgehead atoms. The van der Waals surface area contributed by atoms with Gasteiger partial charge in [-0.3, -0.25) is 19.5 Å². The summed E-state index contributed by atoms with van der Waals surface area (Å²) in [7, 11) is 0. The first-order valence-corrected chi connectivity index (χ1v) is 10.2. The number of rotatable bonds is 5. The molecule has 1 aliphatic heterocycles. The maximum Gasteiger partial charge on any atom is 0.261 e. The molecule has 1 fully saturated rings. The first-order valence-electron chi connectivity index (χ1n) is 9.35. The van der Waals surface area contributed by atoms with Crippen molar-refractivity contribution in [1.29, 1.82) is 0 Å². The van der Waals surface area contributed by atoms with Crippen molar-refractivity contribution >= 4 is 34.1 Å². The molecule has 3 aromatic rings. The smallest absolute Gasteiger partial charge is 0.261 e. The lowest BCUT2D eigenvalue weighted by molar-refractivity contribution is -0.131. The summed E-state index contributed by atoms with van der Waals surface area (Å²) in [5.74, 6) is -0.221. The summed E-state index contributed by atoms with van der Waals surface area (Å²) in [6.07, 6.45) is 1.83. The minimum Gasteiger partial charge on any atom is -0.342 e. The largest absolute Gasteiger partial charge is 0.342 e. The first-order chi connectivity index (χ1) is 13.7. The van der Waals surface area contributed by atoms with Gasteiger partial charge in [0.25, 0.3) is 5.91 Å². The molecular formula is C21H22N4O2S. The van der Waals surface area contributed by atoms with Crippen LogP contribution in [0.2, 0.25) is 0 Å². The predicted octanol–water partition coefficient (Wildman–Crippen LogP) is 2.37. The highest BCUT2D eigenvalue weighted by atomic mass is 32.1. The highest BCUT2D eigenvalue weighted by Crippen LogP contribution is 2.18. The zero-order valence-electron chi connectivity index (χ0n) is 15.5. The normalized spacial score (nSPS) is 14.9. The number of amides is 2. The number of piperazine rings is 1. The Morgan fingerprint density at radius 2 is 1.86 bits per heavy atom. The van der Waals surface area contributed by atoms with E-state index >= 15 is 0 Å². The second kappa shape index (κ2) is 8.50. The minimum absolute atomic E-state index is 0.0311. The van der Waals surface area contributed by atoms with E-state index in [4.69, 9.17) is 0 Å². The summed E-state index contributed by atoms with van der Waals surface area (Å²) in [6.45, 7) is 3.84. The molecule has 0 spiro atoms. The third-order valence-electron chi connectivity index (χ3n) is 4.98. The average molecular weight is 395 g/mol. The van der Waals surface area contributed by atoms with Crippen molar-refractivity contribution in [2.45, 2.75) is 6.54 Å². The summed E-state index contributed by atoms with van der Waals surface area (Å²) < 4.78 is 0. The average Bonchev–Trinajstić information content (AvgIpc) is 3.28. The molecule has 1 saturated heterocycles. The maximum absolute atomic E-state index is 12.4. The van der Waals surface area contributed by atoms with E-state index in [0.29, 0.717) is 18.0 Å². The van der Waals surface area contributed by atoms with E-state index in [1.165, 1.54) is 16.9 Å². The van der Waals surface area contributed by atoms with E-state index in [1.54, 1.807) is 6.07 Å². The van der Waals surface area contributed by atoms with Gasteiger partial charge in [-0.15, -0.1) is 11.3 Å². The van der Waals surface area contributed by atoms with E-state index in [9.17, 15) is 9.59 Å². The molecule has 144 valence electrons. The first kappa shape index (κ1) is 18.6. The molecule has 7 heteroatoms. The van der Waals surface area contributed by atoms with Gasteiger partial charge in [0, 0.05) is 44.3 Å². The van der Waals surface area contributed by atoms with E-state index in [1.807, 2.05) is 28.6 Å². The van der Waals surface area contributed by atoms with Crippen LogP contribution in [0.4, 0.5) is 0 Å². The second-order valence-corrected chi connectivity index (χ2v) is 7.76. The summed E-state index contributed by atoms with van der Waals surface area (Å²) in [6, 6.07) is 13.9. The Kier molecular flexibility index (Phi) is 5.64. The number of thiophene rings is 1. The second-order valence-electron chi connectivity index (χ2n) is 6.81. The van der Waals surface area contributed by atoms with Crippen LogP contribution in [0.5, 0.6) is 0 Å². The lowest BCUT2D eigenvalue weighted by atomic mass is 10.1. The summed E-state index contributed by atoms with van der Waals surface area (Å²) in [5, 5.41) is 5.71. The molecule has 6 nitrogen and oxygen atoms in total. The van der Waals surface area contributed by atoms with Crippen molar-refractivity contribution in [3.8, 4) is 0 Å². The lowest BCUT2D eigenvalue weighted by Crippen LogP contribution is -2.50. The number of hydrogen-bond donors (Lipinski definition) is 1. The highest BCUT2D eigenvalue weighted by Gasteiger charge is 2.22. The lowest BCUT2D eigenvalue weighted by Gasteiger charge is -2.34. The fourth-order valence-corrected chi connectivity index (χ4v) is 4.09. The zero-order chi connectivity index (χ0) is 19.3. The molecule has 3 heterocycles. The van der Waals surface area contributed by atoms with E-state index in [-0.39, 0.29) is 18.4 Å². The number of pyridine rings is 1. The van der Waals surface area contributed by atoms with Gasteiger partial charge in [-0.2, -0.15) is 0 Å². The number of benzene rings is 1. The van der Waals surface area contributed by atoms with E-state index < -0.39 is 0 Å². The van der Waals surface area contributed by atoms with Gasteiger partial charge in [0.1, 0.15) is 0 Å². The number of hydrogen-bond acceptors (Lipinski definition) is 5. The van der Waals surface area contributed by atoms with Crippen LogP contribution in [0.25, 0.3) is 10.9 Å². The number of carbonyl (C=O) groups excluding carboxylic acids is 2.